The molecular formula is C19H16F6N6O2. The molecule has 0 amide bonds. The molecule has 3 aromatic heterocycles. The first-order valence-electron chi connectivity index (χ1n) is 9.35. The van der Waals surface area contributed by atoms with Crippen molar-refractivity contribution in [3.8, 4) is 11.5 Å². The van der Waals surface area contributed by atoms with Gasteiger partial charge in [-0.05, 0) is 32.0 Å². The quantitative estimate of drug-likeness (QED) is 0.227. The lowest BCUT2D eigenvalue weighted by Crippen LogP contribution is -2.27. The molecule has 0 aliphatic heterocycles. The highest BCUT2D eigenvalue weighted by molar-refractivity contribution is 6.11. The molecule has 0 fully saturated rings. The Bertz CT molecular complexity index is 1160. The van der Waals surface area contributed by atoms with Crippen LogP contribution in [0.1, 0.15) is 35.1 Å². The molecule has 0 saturated heterocycles. The highest BCUT2D eigenvalue weighted by Gasteiger charge is 2.38. The molecule has 176 valence electrons. The van der Waals surface area contributed by atoms with Gasteiger partial charge in [0, 0.05) is 12.7 Å². The van der Waals surface area contributed by atoms with Crippen LogP contribution in [-0.4, -0.2) is 37.4 Å². The van der Waals surface area contributed by atoms with E-state index in [-0.39, 0.29) is 22.7 Å². The van der Waals surface area contributed by atoms with Crippen molar-refractivity contribution in [2.75, 3.05) is 5.43 Å². The second kappa shape index (κ2) is 9.03. The maximum absolute atomic E-state index is 13.5. The minimum atomic E-state index is -5.05. The van der Waals surface area contributed by atoms with Crippen LogP contribution >= 0.6 is 0 Å². The summed E-state index contributed by atoms with van der Waals surface area (Å²) in [5.41, 5.74) is -1.32. The van der Waals surface area contributed by atoms with E-state index < -0.39 is 41.9 Å². The predicted octanol–water partition coefficient (Wildman–Crippen LogP) is 4.88. The largest absolute Gasteiger partial charge is 0.463 e. The molecule has 0 spiro atoms. The van der Waals surface area contributed by atoms with Gasteiger partial charge in [0.2, 0.25) is 5.95 Å². The number of aromatic nitrogens is 4. The smallest absolute Gasteiger partial charge is 0.433 e. The molecule has 0 radical (unpaired) electrons. The second-order valence-electron chi connectivity index (χ2n) is 6.69. The molecule has 0 aliphatic carbocycles. The van der Waals surface area contributed by atoms with Crippen LogP contribution in [0.25, 0.3) is 11.5 Å². The van der Waals surface area contributed by atoms with Gasteiger partial charge in [-0.1, -0.05) is 0 Å². The van der Waals surface area contributed by atoms with Crippen molar-refractivity contribution < 1.29 is 35.6 Å². The molecule has 3 aromatic rings. The first-order chi connectivity index (χ1) is 15.4. The Labute approximate surface area is 182 Å². The molecule has 3 heterocycles. The first kappa shape index (κ1) is 23.9. The number of carbonyl (C=O) groups excluding carboxylic acids is 1. The molecule has 0 unspecified atom stereocenters. The van der Waals surface area contributed by atoms with E-state index in [2.05, 4.69) is 20.2 Å². The third kappa shape index (κ3) is 5.75. The van der Waals surface area contributed by atoms with Crippen molar-refractivity contribution >= 4 is 17.4 Å². The number of hydrazone groups is 1. The van der Waals surface area contributed by atoms with E-state index in [4.69, 9.17) is 4.42 Å². The zero-order valence-corrected chi connectivity index (χ0v) is 17.1. The summed E-state index contributed by atoms with van der Waals surface area (Å²) in [6, 6.07) is 3.29. The molecule has 0 atom stereocenters. The lowest BCUT2D eigenvalue weighted by Gasteiger charge is -2.12. The number of hydrogen-bond acceptors (Lipinski definition) is 7. The molecule has 0 bridgehead atoms. The summed E-state index contributed by atoms with van der Waals surface area (Å²) >= 11 is 0. The van der Waals surface area contributed by atoms with Crippen molar-refractivity contribution in [2.24, 2.45) is 5.10 Å². The van der Waals surface area contributed by atoms with E-state index in [0.717, 1.165) is 0 Å². The van der Waals surface area contributed by atoms with Crippen LogP contribution in [-0.2, 0) is 12.7 Å². The number of nitrogens with one attached hydrogen (secondary N) is 1. The van der Waals surface area contributed by atoms with E-state index in [1.54, 1.807) is 12.3 Å². The van der Waals surface area contributed by atoms with Gasteiger partial charge < -0.3 is 4.42 Å². The minimum absolute atomic E-state index is 0.0239. The summed E-state index contributed by atoms with van der Waals surface area (Å²) in [6.45, 7) is 3.61. The Kier molecular flexibility index (Phi) is 6.56. The lowest BCUT2D eigenvalue weighted by atomic mass is 10.1. The molecule has 14 heteroatoms. The monoisotopic (exact) mass is 474 g/mol. The van der Waals surface area contributed by atoms with E-state index in [9.17, 15) is 31.1 Å². The van der Waals surface area contributed by atoms with Gasteiger partial charge in [-0.25, -0.2) is 15.4 Å². The van der Waals surface area contributed by atoms with Crippen molar-refractivity contribution in [1.82, 2.24) is 19.7 Å². The Hall–Kier alpha value is -3.71. The molecule has 1 N–H and O–H groups in total. The predicted molar refractivity (Wildman–Crippen MR) is 103 cm³/mol. The van der Waals surface area contributed by atoms with Crippen LogP contribution < -0.4 is 5.43 Å². The highest BCUT2D eigenvalue weighted by Crippen LogP contribution is 2.31. The standard InChI is InChI=1S/C19H16F6N6O2/c1-3-31-9-11(10(2)30-31)13(32)8-16(19(23,24)25)28-29-17-26-12(14-5-4-6-33-14)7-15(27-17)18(20,21)22/h4-7,9H,3,8H2,1-2H3,(H,26,27,29). The van der Waals surface area contributed by atoms with Gasteiger partial charge in [0.1, 0.15) is 11.4 Å². The maximum Gasteiger partial charge on any atom is 0.433 e. The molecule has 3 rings (SSSR count). The number of halogens is 6. The number of furan rings is 1. The third-order valence-electron chi connectivity index (χ3n) is 4.31. The Morgan fingerprint density at radius 1 is 1.21 bits per heavy atom. The number of aryl methyl sites for hydroxylation is 2. The van der Waals surface area contributed by atoms with E-state index in [1.165, 1.54) is 36.2 Å². The zero-order chi connectivity index (χ0) is 24.4. The fraction of sp³-hybridized carbons (Fsp3) is 0.316. The molecular weight excluding hydrogens is 458 g/mol. The average molecular weight is 474 g/mol. The van der Waals surface area contributed by atoms with Crippen LogP contribution in [0.3, 0.4) is 0 Å². The van der Waals surface area contributed by atoms with Crippen molar-refractivity contribution in [3.05, 3.63) is 47.6 Å². The van der Waals surface area contributed by atoms with Gasteiger partial charge in [-0.3, -0.25) is 9.48 Å². The van der Waals surface area contributed by atoms with Crippen LogP contribution in [0.2, 0.25) is 0 Å². The van der Waals surface area contributed by atoms with Crippen molar-refractivity contribution in [3.63, 3.8) is 0 Å². The van der Waals surface area contributed by atoms with Crippen molar-refractivity contribution in [2.45, 2.75) is 39.2 Å². The number of ketones is 1. The number of anilines is 1. The number of hydrogen-bond donors (Lipinski definition) is 1. The topological polar surface area (TPSA) is 98.2 Å². The van der Waals surface area contributed by atoms with E-state index >= 15 is 0 Å². The van der Waals surface area contributed by atoms with Gasteiger partial charge >= 0.3 is 12.4 Å². The van der Waals surface area contributed by atoms with Crippen molar-refractivity contribution in [1.29, 1.82) is 0 Å². The third-order valence-corrected chi connectivity index (χ3v) is 4.31. The summed E-state index contributed by atoms with van der Waals surface area (Å²) in [6.07, 6.45) is -8.64. The van der Waals surface area contributed by atoms with E-state index in [0.29, 0.717) is 12.6 Å². The molecule has 0 saturated carbocycles. The minimum Gasteiger partial charge on any atom is -0.463 e. The molecule has 0 aliphatic rings. The summed E-state index contributed by atoms with van der Waals surface area (Å²) in [4.78, 5) is 19.3. The van der Waals surface area contributed by atoms with Gasteiger partial charge in [0.25, 0.3) is 0 Å². The number of alkyl halides is 6. The Morgan fingerprint density at radius 2 is 1.94 bits per heavy atom. The lowest BCUT2D eigenvalue weighted by molar-refractivity contribution is -0.141. The number of rotatable bonds is 7. The fourth-order valence-corrected chi connectivity index (χ4v) is 2.71. The summed E-state index contributed by atoms with van der Waals surface area (Å²) in [7, 11) is 0. The van der Waals surface area contributed by atoms with Crippen LogP contribution in [0.4, 0.5) is 32.3 Å². The number of carbonyl (C=O) groups is 1. The number of Topliss-reactive ketones (excluding diaryl/α,β-unsaturated/α-hetero) is 1. The second-order valence-corrected chi connectivity index (χ2v) is 6.69. The molecule has 33 heavy (non-hydrogen) atoms. The summed E-state index contributed by atoms with van der Waals surface area (Å²) in [5, 5.41) is 7.11. The van der Waals surface area contributed by atoms with Gasteiger partial charge in [-0.2, -0.15) is 36.5 Å². The Morgan fingerprint density at radius 3 is 2.48 bits per heavy atom. The highest BCUT2D eigenvalue weighted by atomic mass is 19.4. The first-order valence-corrected chi connectivity index (χ1v) is 9.35. The average Bonchev–Trinajstić information content (AvgIpc) is 3.39. The van der Waals surface area contributed by atoms with Crippen LogP contribution in [0, 0.1) is 6.92 Å². The molecule has 0 aromatic carbocycles. The van der Waals surface area contributed by atoms with Crippen LogP contribution in [0.5, 0.6) is 0 Å². The SMILES string of the molecule is CCn1cc(C(=O)CC(=NNc2nc(-c3ccco3)cc(C(F)(F)F)n2)C(F)(F)F)c(C)n1. The fourth-order valence-electron chi connectivity index (χ4n) is 2.71. The van der Waals surface area contributed by atoms with Gasteiger partial charge in [-0.15, -0.1) is 0 Å². The normalized spacial score (nSPS) is 12.8. The summed E-state index contributed by atoms with van der Waals surface area (Å²) in [5.74, 6) is -1.84. The van der Waals surface area contributed by atoms with Gasteiger partial charge in [0.05, 0.1) is 23.9 Å². The summed E-state index contributed by atoms with van der Waals surface area (Å²) < 4.78 is 86.3. The van der Waals surface area contributed by atoms with Gasteiger partial charge in [0.15, 0.2) is 17.2 Å². The Balaban J connectivity index is 1.92. The maximum atomic E-state index is 13.5. The van der Waals surface area contributed by atoms with E-state index in [1.807, 2.05) is 0 Å². The molecule has 8 nitrogen and oxygen atoms in total. The van der Waals surface area contributed by atoms with Crippen LogP contribution in [0.15, 0.2) is 40.2 Å². The number of nitrogens with zero attached hydrogens (tertiary/aromatic N) is 5. The zero-order valence-electron chi connectivity index (χ0n) is 17.1.